The van der Waals surface area contributed by atoms with Gasteiger partial charge in [0.05, 0.1) is 13.1 Å². The average molecular weight is 122 g/mol. The Hall–Kier alpha value is -0.220. The summed E-state index contributed by atoms with van der Waals surface area (Å²) in [6, 6.07) is 0. The molecule has 2 nitrogen and oxygen atoms in total. The van der Waals surface area contributed by atoms with E-state index in [9.17, 15) is 8.78 Å². The summed E-state index contributed by atoms with van der Waals surface area (Å²) in [6.07, 6.45) is -2.28. The molecular formula is C4H6F2NO. The van der Waals surface area contributed by atoms with Crippen molar-refractivity contribution >= 4 is 0 Å². The molecule has 0 saturated carbocycles. The van der Waals surface area contributed by atoms with Crippen LogP contribution in [0.25, 0.3) is 0 Å². The van der Waals surface area contributed by atoms with Crippen LogP contribution < -0.4 is 5.32 Å². The molecule has 0 aliphatic carbocycles. The molecule has 1 atom stereocenters. The lowest BCUT2D eigenvalue weighted by Gasteiger charge is -2.18. The summed E-state index contributed by atoms with van der Waals surface area (Å²) in [5, 5.41) is 2.47. The predicted molar refractivity (Wildman–Crippen MR) is 23.2 cm³/mol. The van der Waals surface area contributed by atoms with Gasteiger partial charge in [-0.3, -0.25) is 0 Å². The van der Waals surface area contributed by atoms with Gasteiger partial charge in [0.1, 0.15) is 0 Å². The molecule has 1 aliphatic heterocycles. The zero-order valence-corrected chi connectivity index (χ0v) is 4.16. The Morgan fingerprint density at radius 3 is 2.88 bits per heavy atom. The third kappa shape index (κ3) is 1.38. The van der Waals surface area contributed by atoms with Gasteiger partial charge in [-0.2, -0.15) is 0 Å². The van der Waals surface area contributed by atoms with Crippen molar-refractivity contribution in [1.82, 2.24) is 5.32 Å². The number of alkyl halides is 1. The molecule has 1 saturated heterocycles. The van der Waals surface area contributed by atoms with Gasteiger partial charge in [-0.1, -0.05) is 0 Å². The monoisotopic (exact) mass is 122 g/mol. The fraction of sp³-hybridized carbons (Fsp3) is 0.750. The molecule has 0 aromatic heterocycles. The highest BCUT2D eigenvalue weighted by atomic mass is 19.2. The summed E-state index contributed by atoms with van der Waals surface area (Å²) in [5.41, 5.74) is 0. The van der Waals surface area contributed by atoms with Crippen LogP contribution in [0.4, 0.5) is 8.78 Å². The van der Waals surface area contributed by atoms with Crippen LogP contribution in [0.2, 0.25) is 0 Å². The van der Waals surface area contributed by atoms with Crippen LogP contribution in [-0.4, -0.2) is 19.4 Å². The van der Waals surface area contributed by atoms with Gasteiger partial charge in [0.2, 0.25) is 6.36 Å². The van der Waals surface area contributed by atoms with E-state index in [0.29, 0.717) is 0 Å². The zero-order chi connectivity index (χ0) is 5.98. The van der Waals surface area contributed by atoms with Gasteiger partial charge in [0, 0.05) is 0 Å². The van der Waals surface area contributed by atoms with E-state index in [1.54, 1.807) is 0 Å². The first kappa shape index (κ1) is 5.91. The standard InChI is InChI=1S/C4H6F2NO/c5-3-1-7-2-4(6)8-3/h3,7H,1-2H2. The molecule has 1 unspecified atom stereocenters. The van der Waals surface area contributed by atoms with E-state index in [0.717, 1.165) is 0 Å². The second-order valence-electron chi connectivity index (χ2n) is 1.51. The minimum absolute atomic E-state index is 0.0143. The minimum Gasteiger partial charge on any atom is -0.306 e. The molecule has 1 radical (unpaired) electrons. The maximum atomic E-state index is 11.9. The number of hydrogen-bond acceptors (Lipinski definition) is 2. The van der Waals surface area contributed by atoms with Gasteiger partial charge >= 0.3 is 0 Å². The van der Waals surface area contributed by atoms with Crippen LogP contribution in [0.5, 0.6) is 0 Å². The molecule has 0 aromatic carbocycles. The van der Waals surface area contributed by atoms with Crippen LogP contribution in [0, 0.1) is 6.36 Å². The van der Waals surface area contributed by atoms with E-state index in [1.807, 2.05) is 0 Å². The van der Waals surface area contributed by atoms with E-state index >= 15 is 0 Å². The molecular weight excluding hydrogens is 116 g/mol. The highest BCUT2D eigenvalue weighted by molar-refractivity contribution is 4.73. The van der Waals surface area contributed by atoms with Gasteiger partial charge in [-0.25, -0.2) is 8.78 Å². The van der Waals surface area contributed by atoms with Gasteiger partial charge in [-0.15, -0.1) is 0 Å². The largest absolute Gasteiger partial charge is 0.306 e. The van der Waals surface area contributed by atoms with Crippen molar-refractivity contribution in [1.29, 1.82) is 0 Å². The van der Waals surface area contributed by atoms with E-state index < -0.39 is 12.7 Å². The molecule has 47 valence electrons. The molecule has 0 aromatic rings. The first-order valence-electron chi connectivity index (χ1n) is 2.32. The number of ether oxygens (including phenoxy) is 1. The Labute approximate surface area is 45.8 Å². The van der Waals surface area contributed by atoms with Crippen molar-refractivity contribution in [2.24, 2.45) is 0 Å². The van der Waals surface area contributed by atoms with Crippen molar-refractivity contribution in [2.75, 3.05) is 13.1 Å². The van der Waals surface area contributed by atoms with Gasteiger partial charge in [0.25, 0.3) is 6.36 Å². The summed E-state index contributed by atoms with van der Waals surface area (Å²) < 4.78 is 27.7. The van der Waals surface area contributed by atoms with Crippen molar-refractivity contribution in [2.45, 2.75) is 6.36 Å². The first-order chi connectivity index (χ1) is 3.79. The normalized spacial score (nSPS) is 33.0. The average Bonchev–Trinajstić information content (AvgIpc) is 1.64. The molecule has 1 fully saturated rings. The molecule has 1 N–H and O–H groups in total. The van der Waals surface area contributed by atoms with Crippen molar-refractivity contribution in [3.8, 4) is 0 Å². The van der Waals surface area contributed by atoms with Crippen molar-refractivity contribution < 1.29 is 13.5 Å². The lowest BCUT2D eigenvalue weighted by Crippen LogP contribution is -2.36. The molecule has 0 bridgehead atoms. The molecule has 0 spiro atoms. The number of morpholine rings is 1. The van der Waals surface area contributed by atoms with Crippen LogP contribution >= 0.6 is 0 Å². The molecule has 4 heteroatoms. The maximum absolute atomic E-state index is 11.9. The summed E-state index contributed by atoms with van der Waals surface area (Å²) in [4.78, 5) is 0. The number of halogens is 2. The highest BCUT2D eigenvalue weighted by Gasteiger charge is 2.21. The topological polar surface area (TPSA) is 21.3 Å². The number of nitrogens with one attached hydrogen (secondary N) is 1. The van der Waals surface area contributed by atoms with E-state index in [2.05, 4.69) is 10.1 Å². The van der Waals surface area contributed by atoms with Crippen molar-refractivity contribution in [3.05, 3.63) is 6.36 Å². The number of rotatable bonds is 0. The third-order valence-corrected chi connectivity index (χ3v) is 0.825. The van der Waals surface area contributed by atoms with Gasteiger partial charge in [0.15, 0.2) is 0 Å². The summed E-state index contributed by atoms with van der Waals surface area (Å²) >= 11 is 0. The lowest BCUT2D eigenvalue weighted by atomic mass is 10.5. The maximum Gasteiger partial charge on any atom is 0.284 e. The quantitative estimate of drug-likeness (QED) is 0.501. The Bertz CT molecular complexity index is 72.4. The molecule has 8 heavy (non-hydrogen) atoms. The fourth-order valence-electron chi connectivity index (χ4n) is 0.506. The zero-order valence-electron chi connectivity index (χ0n) is 4.16. The SMILES string of the molecule is F[C]1CNCC(F)O1. The lowest BCUT2D eigenvalue weighted by molar-refractivity contribution is -0.0900. The molecule has 1 heterocycles. The van der Waals surface area contributed by atoms with Crippen LogP contribution in [0.1, 0.15) is 0 Å². The third-order valence-electron chi connectivity index (χ3n) is 0.825. The Morgan fingerprint density at radius 1 is 1.75 bits per heavy atom. The Morgan fingerprint density at radius 2 is 2.50 bits per heavy atom. The first-order valence-corrected chi connectivity index (χ1v) is 2.32. The second kappa shape index (κ2) is 2.37. The Kier molecular flexibility index (Phi) is 1.75. The van der Waals surface area contributed by atoms with E-state index in [-0.39, 0.29) is 13.1 Å². The smallest absolute Gasteiger partial charge is 0.284 e. The highest BCUT2D eigenvalue weighted by Crippen LogP contribution is 2.11. The summed E-state index contributed by atoms with van der Waals surface area (Å²) in [7, 11) is 0. The Balaban J connectivity index is 2.23. The summed E-state index contributed by atoms with van der Waals surface area (Å²) in [5.74, 6) is 0. The van der Waals surface area contributed by atoms with E-state index in [4.69, 9.17) is 0 Å². The van der Waals surface area contributed by atoms with Crippen LogP contribution in [0.3, 0.4) is 0 Å². The second-order valence-corrected chi connectivity index (χ2v) is 1.51. The van der Waals surface area contributed by atoms with Crippen LogP contribution in [-0.2, 0) is 4.74 Å². The number of hydrogen-bond donors (Lipinski definition) is 1. The molecule has 1 rings (SSSR count). The molecule has 0 amide bonds. The van der Waals surface area contributed by atoms with Crippen LogP contribution in [0.15, 0.2) is 0 Å². The van der Waals surface area contributed by atoms with E-state index in [1.165, 1.54) is 0 Å². The van der Waals surface area contributed by atoms with Crippen molar-refractivity contribution in [3.63, 3.8) is 0 Å². The minimum atomic E-state index is -1.51. The fourth-order valence-corrected chi connectivity index (χ4v) is 0.506. The van der Waals surface area contributed by atoms with Gasteiger partial charge in [-0.05, 0) is 0 Å². The van der Waals surface area contributed by atoms with Gasteiger partial charge < -0.3 is 10.1 Å². The molecule has 1 aliphatic rings. The predicted octanol–water partition coefficient (Wildman–Crippen LogP) is 0.361. The summed E-state index contributed by atoms with van der Waals surface area (Å²) in [6.45, 7) is 0.0911.